The molecule has 0 fully saturated rings. The minimum Gasteiger partial charge on any atom is -0.392 e. The Morgan fingerprint density at radius 2 is 2.00 bits per heavy atom. The lowest BCUT2D eigenvalue weighted by atomic mass is 9.80. The van der Waals surface area contributed by atoms with Crippen LogP contribution in [0.3, 0.4) is 0 Å². The van der Waals surface area contributed by atoms with Gasteiger partial charge in [0, 0.05) is 18.0 Å². The van der Waals surface area contributed by atoms with Gasteiger partial charge in [0.1, 0.15) is 0 Å². The standard InChI is InChI=1S/C14H25NOS/c1-10(2)13(16)14(4,5)9-15-11(3)12-6-7-17-8-12/h6-8,10-11,13,15-16H,9H2,1-5H3. The zero-order valence-electron chi connectivity index (χ0n) is 11.5. The van der Waals surface area contributed by atoms with Crippen molar-refractivity contribution in [3.8, 4) is 0 Å². The summed E-state index contributed by atoms with van der Waals surface area (Å²) in [4.78, 5) is 0. The Labute approximate surface area is 109 Å². The molecular formula is C14H25NOS. The highest BCUT2D eigenvalue weighted by molar-refractivity contribution is 7.07. The summed E-state index contributed by atoms with van der Waals surface area (Å²) in [5.41, 5.74) is 1.23. The van der Waals surface area contributed by atoms with Gasteiger partial charge in [-0.1, -0.05) is 27.7 Å². The van der Waals surface area contributed by atoms with Gasteiger partial charge in [0.05, 0.1) is 6.10 Å². The maximum absolute atomic E-state index is 10.2. The summed E-state index contributed by atoms with van der Waals surface area (Å²) < 4.78 is 0. The SMILES string of the molecule is CC(NCC(C)(C)C(O)C(C)C)c1ccsc1. The zero-order valence-corrected chi connectivity index (χ0v) is 12.3. The highest BCUT2D eigenvalue weighted by Gasteiger charge is 2.30. The molecule has 0 aliphatic carbocycles. The minimum absolute atomic E-state index is 0.0988. The van der Waals surface area contributed by atoms with E-state index in [2.05, 4.69) is 56.8 Å². The molecule has 0 aliphatic rings. The van der Waals surface area contributed by atoms with Gasteiger partial charge in [-0.15, -0.1) is 0 Å². The topological polar surface area (TPSA) is 32.3 Å². The van der Waals surface area contributed by atoms with E-state index in [0.29, 0.717) is 12.0 Å². The van der Waals surface area contributed by atoms with E-state index in [1.807, 2.05) is 0 Å². The largest absolute Gasteiger partial charge is 0.392 e. The molecule has 0 aromatic carbocycles. The van der Waals surface area contributed by atoms with Gasteiger partial charge in [-0.05, 0) is 35.2 Å². The highest BCUT2D eigenvalue weighted by Crippen LogP contribution is 2.26. The summed E-state index contributed by atoms with van der Waals surface area (Å²) in [5, 5.41) is 17.9. The third-order valence-corrected chi connectivity index (χ3v) is 4.04. The fourth-order valence-corrected chi connectivity index (χ4v) is 2.82. The van der Waals surface area contributed by atoms with Gasteiger partial charge >= 0.3 is 0 Å². The molecule has 1 aromatic heterocycles. The number of aliphatic hydroxyl groups is 1. The van der Waals surface area contributed by atoms with Crippen LogP contribution in [0.5, 0.6) is 0 Å². The predicted octanol–water partition coefficient (Wildman–Crippen LogP) is 3.44. The lowest BCUT2D eigenvalue weighted by Crippen LogP contribution is -2.42. The molecule has 0 saturated heterocycles. The van der Waals surface area contributed by atoms with E-state index < -0.39 is 0 Å². The normalized spacial score (nSPS) is 16.2. The van der Waals surface area contributed by atoms with Crippen LogP contribution in [0.4, 0.5) is 0 Å². The first-order chi connectivity index (χ1) is 7.84. The van der Waals surface area contributed by atoms with Crippen molar-refractivity contribution in [1.82, 2.24) is 5.32 Å². The summed E-state index contributed by atoms with van der Waals surface area (Å²) in [6, 6.07) is 2.49. The number of nitrogens with one attached hydrogen (secondary N) is 1. The van der Waals surface area contributed by atoms with E-state index in [1.54, 1.807) is 11.3 Å². The van der Waals surface area contributed by atoms with Crippen LogP contribution in [0.1, 0.15) is 46.2 Å². The van der Waals surface area contributed by atoms with E-state index in [1.165, 1.54) is 5.56 Å². The Balaban J connectivity index is 2.49. The molecular weight excluding hydrogens is 230 g/mol. The van der Waals surface area contributed by atoms with E-state index >= 15 is 0 Å². The Morgan fingerprint density at radius 3 is 2.47 bits per heavy atom. The van der Waals surface area contributed by atoms with Gasteiger partial charge in [-0.2, -0.15) is 11.3 Å². The molecule has 17 heavy (non-hydrogen) atoms. The van der Waals surface area contributed by atoms with Gasteiger partial charge in [-0.25, -0.2) is 0 Å². The zero-order chi connectivity index (χ0) is 13.1. The van der Waals surface area contributed by atoms with Crippen LogP contribution in [0.25, 0.3) is 0 Å². The van der Waals surface area contributed by atoms with Crippen LogP contribution in [0.2, 0.25) is 0 Å². The summed E-state index contributed by atoms with van der Waals surface area (Å²) in [5.74, 6) is 0.295. The number of thiophene rings is 1. The monoisotopic (exact) mass is 255 g/mol. The molecule has 1 rings (SSSR count). The van der Waals surface area contributed by atoms with E-state index in [4.69, 9.17) is 0 Å². The molecule has 0 aliphatic heterocycles. The summed E-state index contributed by atoms with van der Waals surface area (Å²) in [6.45, 7) is 11.3. The van der Waals surface area contributed by atoms with Crippen molar-refractivity contribution in [3.63, 3.8) is 0 Å². The fraction of sp³-hybridized carbons (Fsp3) is 0.714. The number of hydrogen-bond acceptors (Lipinski definition) is 3. The molecule has 2 unspecified atom stereocenters. The summed E-state index contributed by atoms with van der Waals surface area (Å²) in [7, 11) is 0. The van der Waals surface area contributed by atoms with Crippen LogP contribution in [0, 0.1) is 11.3 Å². The maximum Gasteiger partial charge on any atom is 0.0626 e. The first-order valence-electron chi connectivity index (χ1n) is 6.28. The molecule has 3 heteroatoms. The molecule has 1 heterocycles. The third kappa shape index (κ3) is 4.09. The molecule has 98 valence electrons. The second-order valence-corrected chi connectivity index (χ2v) is 6.62. The van der Waals surface area contributed by atoms with Crippen molar-refractivity contribution >= 4 is 11.3 Å². The smallest absolute Gasteiger partial charge is 0.0626 e. The average molecular weight is 255 g/mol. The number of rotatable bonds is 6. The Morgan fingerprint density at radius 1 is 1.35 bits per heavy atom. The quantitative estimate of drug-likeness (QED) is 0.816. The predicted molar refractivity (Wildman–Crippen MR) is 75.4 cm³/mol. The number of hydrogen-bond donors (Lipinski definition) is 2. The highest BCUT2D eigenvalue weighted by atomic mass is 32.1. The number of aliphatic hydroxyl groups excluding tert-OH is 1. The lowest BCUT2D eigenvalue weighted by Gasteiger charge is -2.34. The van der Waals surface area contributed by atoms with Crippen LogP contribution in [-0.2, 0) is 0 Å². The Bertz CT molecular complexity index is 319. The van der Waals surface area contributed by atoms with Gasteiger partial charge in [0.25, 0.3) is 0 Å². The van der Waals surface area contributed by atoms with Crippen molar-refractivity contribution in [1.29, 1.82) is 0 Å². The maximum atomic E-state index is 10.2. The van der Waals surface area contributed by atoms with Crippen LogP contribution >= 0.6 is 11.3 Å². The molecule has 0 spiro atoms. The van der Waals surface area contributed by atoms with E-state index in [0.717, 1.165) is 6.54 Å². The van der Waals surface area contributed by atoms with Crippen molar-refractivity contribution in [3.05, 3.63) is 22.4 Å². The van der Waals surface area contributed by atoms with E-state index in [9.17, 15) is 5.11 Å². The average Bonchev–Trinajstić information content (AvgIpc) is 2.78. The fourth-order valence-electron chi connectivity index (χ4n) is 2.06. The van der Waals surface area contributed by atoms with Crippen molar-refractivity contribution in [2.45, 2.75) is 46.8 Å². The molecule has 0 radical (unpaired) electrons. The van der Waals surface area contributed by atoms with Gasteiger partial charge in [-0.3, -0.25) is 0 Å². The second-order valence-electron chi connectivity index (χ2n) is 5.84. The van der Waals surface area contributed by atoms with Crippen LogP contribution in [0.15, 0.2) is 16.8 Å². The molecule has 2 N–H and O–H groups in total. The summed E-state index contributed by atoms with van der Waals surface area (Å²) in [6.07, 6.45) is -0.273. The third-order valence-electron chi connectivity index (χ3n) is 3.34. The first-order valence-corrected chi connectivity index (χ1v) is 7.22. The van der Waals surface area contributed by atoms with Crippen molar-refractivity contribution < 1.29 is 5.11 Å². The molecule has 0 amide bonds. The Hall–Kier alpha value is -0.380. The molecule has 2 nitrogen and oxygen atoms in total. The van der Waals surface area contributed by atoms with Gasteiger partial charge in [0.2, 0.25) is 0 Å². The van der Waals surface area contributed by atoms with E-state index in [-0.39, 0.29) is 11.5 Å². The molecule has 0 bridgehead atoms. The van der Waals surface area contributed by atoms with Crippen molar-refractivity contribution in [2.75, 3.05) is 6.54 Å². The second kappa shape index (κ2) is 5.98. The minimum atomic E-state index is -0.273. The molecule has 1 aromatic rings. The molecule has 2 atom stereocenters. The van der Waals surface area contributed by atoms with Crippen LogP contribution in [-0.4, -0.2) is 17.8 Å². The molecule has 0 saturated carbocycles. The Kier molecular flexibility index (Phi) is 5.17. The lowest BCUT2D eigenvalue weighted by molar-refractivity contribution is 0.0124. The van der Waals surface area contributed by atoms with Crippen molar-refractivity contribution in [2.24, 2.45) is 11.3 Å². The van der Waals surface area contributed by atoms with Gasteiger partial charge in [0.15, 0.2) is 0 Å². The van der Waals surface area contributed by atoms with Crippen LogP contribution < -0.4 is 5.32 Å². The van der Waals surface area contributed by atoms with Gasteiger partial charge < -0.3 is 10.4 Å². The first kappa shape index (κ1) is 14.7. The summed E-state index contributed by atoms with van der Waals surface area (Å²) >= 11 is 1.72.